The van der Waals surface area contributed by atoms with Gasteiger partial charge in [-0.05, 0) is 59.5 Å². The van der Waals surface area contributed by atoms with Crippen molar-refractivity contribution in [2.24, 2.45) is 21.7 Å². The number of quaternary nitrogens is 1. The maximum absolute atomic E-state index is 8.83. The number of hydrogen-bond acceptors (Lipinski definition) is 4. The fourth-order valence-electron chi connectivity index (χ4n) is 4.61. The predicted molar refractivity (Wildman–Crippen MR) is 132 cm³/mol. The monoisotopic (exact) mass is 480 g/mol. The molecular weight excluding hydrogens is 426 g/mol. The van der Waals surface area contributed by atoms with Crippen LogP contribution in [0.15, 0.2) is 24.3 Å². The van der Waals surface area contributed by atoms with Crippen LogP contribution in [0.1, 0.15) is 94.9 Å². The molecule has 0 rings (SSSR count). The van der Waals surface area contributed by atoms with Gasteiger partial charge in [0.25, 0.3) is 0 Å². The summed E-state index contributed by atoms with van der Waals surface area (Å²) < 4.78 is 31.2. The van der Waals surface area contributed by atoms with Crippen LogP contribution in [0.5, 0.6) is 0 Å². The van der Waals surface area contributed by atoms with Gasteiger partial charge in [0, 0.05) is 0 Å². The fraction of sp³-hybridized carbons (Fsp3) is 0.846. The van der Waals surface area contributed by atoms with Crippen molar-refractivity contribution < 1.29 is 33.4 Å². The zero-order valence-corrected chi connectivity index (χ0v) is 23.9. The molecule has 0 aliphatic rings. The standard InChI is InChI=1S/C26H52N.ClH3O4/c1-23(2,3)21-25(7,8)17-13-15-19-27(11,12)20-16-14-18-26(9,10)22-24(4,5)6;2-1(3,4)5/h13-16H,17-22H2,1-12H3;2-4H/q+1;/b15-13+,16-14+;. The summed E-state index contributed by atoms with van der Waals surface area (Å²) in [6.07, 6.45) is 14.4. The Labute approximate surface area is 201 Å². The molecule has 0 saturated carbocycles. The third-order valence-corrected chi connectivity index (χ3v) is 4.89. The normalized spacial score (nSPS) is 15.2. The first-order valence-corrected chi connectivity index (χ1v) is 12.9. The van der Waals surface area contributed by atoms with E-state index in [1.807, 2.05) is 0 Å². The molecule has 0 fully saturated rings. The second-order valence-corrected chi connectivity index (χ2v) is 14.8. The quantitative estimate of drug-likeness (QED) is 0.302. The van der Waals surface area contributed by atoms with E-state index in [4.69, 9.17) is 18.6 Å². The molecular formula is C26H55ClNO4+. The van der Waals surface area contributed by atoms with Crippen molar-refractivity contribution in [2.45, 2.75) is 94.9 Å². The van der Waals surface area contributed by atoms with Gasteiger partial charge in [0.2, 0.25) is 0 Å². The first-order chi connectivity index (χ1) is 13.8. The second kappa shape index (κ2) is 12.9. The molecule has 5 nitrogen and oxygen atoms in total. The van der Waals surface area contributed by atoms with E-state index in [0.29, 0.717) is 21.7 Å². The third kappa shape index (κ3) is 27.6. The fourth-order valence-corrected chi connectivity index (χ4v) is 4.61. The van der Waals surface area contributed by atoms with Crippen LogP contribution in [0.3, 0.4) is 0 Å². The molecule has 0 atom stereocenters. The van der Waals surface area contributed by atoms with Crippen molar-refractivity contribution in [2.75, 3.05) is 27.2 Å². The Morgan fingerprint density at radius 1 is 0.625 bits per heavy atom. The van der Waals surface area contributed by atoms with Gasteiger partial charge in [-0.3, -0.25) is 0 Å². The number of allylic oxidation sites excluding steroid dienone is 2. The molecule has 0 aliphatic heterocycles. The maximum atomic E-state index is 8.83. The predicted octanol–water partition coefficient (Wildman–Crippen LogP) is 5.02. The Balaban J connectivity index is 0. The molecule has 0 heterocycles. The van der Waals surface area contributed by atoms with E-state index in [1.54, 1.807) is 0 Å². The summed E-state index contributed by atoms with van der Waals surface area (Å²) in [6, 6.07) is 0. The van der Waals surface area contributed by atoms with E-state index in [9.17, 15) is 0 Å². The minimum atomic E-state index is -4.19. The molecule has 0 saturated heterocycles. The molecule has 0 spiro atoms. The van der Waals surface area contributed by atoms with Crippen molar-refractivity contribution in [1.82, 2.24) is 0 Å². The topological polar surface area (TPSA) is 83.8 Å². The summed E-state index contributed by atoms with van der Waals surface area (Å²) in [5.74, 6) is 0. The Morgan fingerprint density at radius 2 is 0.875 bits per heavy atom. The molecule has 6 heteroatoms. The summed E-state index contributed by atoms with van der Waals surface area (Å²) >= 11 is 0. The molecule has 0 amide bonds. The third-order valence-electron chi connectivity index (χ3n) is 4.89. The zero-order valence-electron chi connectivity index (χ0n) is 23.1. The van der Waals surface area contributed by atoms with Crippen LogP contribution in [-0.4, -0.2) is 45.6 Å². The van der Waals surface area contributed by atoms with Gasteiger partial charge in [0.1, 0.15) is 0 Å². The van der Waals surface area contributed by atoms with Crippen LogP contribution < -0.4 is 4.66 Å². The van der Waals surface area contributed by atoms with E-state index in [0.717, 1.165) is 17.6 Å². The van der Waals surface area contributed by atoms with Gasteiger partial charge in [0.15, 0.2) is 0 Å². The van der Waals surface area contributed by atoms with Crippen LogP contribution in [0.2, 0.25) is 0 Å². The van der Waals surface area contributed by atoms with Gasteiger partial charge in [0.05, 0.1) is 27.2 Å². The van der Waals surface area contributed by atoms with Gasteiger partial charge in [-0.1, -0.05) is 81.4 Å². The number of nitrogens with zero attached hydrogens (tertiary/aromatic N) is 1. The first kappa shape index (κ1) is 33.7. The average molecular weight is 481 g/mol. The van der Waals surface area contributed by atoms with Crippen LogP contribution >= 0.6 is 0 Å². The molecule has 0 aromatic carbocycles. The SMILES string of the molecule is CC(C)(C)CC(C)(C)C/C=C/C[N+](C)(C)C/C=C/CC(C)(C)CC(C)(C)C.[O-][Cl+](O)(O)O. The summed E-state index contributed by atoms with van der Waals surface area (Å²) in [5.41, 5.74) is 1.56. The summed E-state index contributed by atoms with van der Waals surface area (Å²) in [5, 5.41) is 0. The van der Waals surface area contributed by atoms with E-state index < -0.39 is 10.2 Å². The molecule has 0 aliphatic carbocycles. The van der Waals surface area contributed by atoms with E-state index in [1.165, 1.54) is 25.7 Å². The van der Waals surface area contributed by atoms with Crippen LogP contribution in [0.25, 0.3) is 0 Å². The van der Waals surface area contributed by atoms with Crippen molar-refractivity contribution in [1.29, 1.82) is 0 Å². The summed E-state index contributed by atoms with van der Waals surface area (Å²) in [4.78, 5) is 0. The van der Waals surface area contributed by atoms with Crippen LogP contribution in [0, 0.1) is 31.9 Å². The first-order valence-electron chi connectivity index (χ1n) is 11.6. The Hall–Kier alpha value is -0.430. The van der Waals surface area contributed by atoms with Crippen LogP contribution in [-0.2, 0) is 0 Å². The summed E-state index contributed by atoms with van der Waals surface area (Å²) in [7, 11) is 0.463. The molecule has 0 aromatic heterocycles. The number of rotatable bonds is 10. The minimum absolute atomic E-state index is 0.379. The molecule has 0 bridgehead atoms. The van der Waals surface area contributed by atoms with E-state index in [-0.39, 0.29) is 0 Å². The number of halogens is 1. The van der Waals surface area contributed by atoms with Gasteiger partial charge in [-0.15, -0.1) is 0 Å². The molecule has 0 radical (unpaired) electrons. The second-order valence-electron chi connectivity index (χ2n) is 13.9. The van der Waals surface area contributed by atoms with Gasteiger partial charge >= 0.3 is 28.9 Å². The Morgan fingerprint density at radius 3 is 1.09 bits per heavy atom. The molecule has 3 N–H and O–H groups in total. The van der Waals surface area contributed by atoms with Crippen molar-refractivity contribution in [3.8, 4) is 0 Å². The van der Waals surface area contributed by atoms with Crippen molar-refractivity contribution in [3.05, 3.63) is 24.3 Å². The molecule has 194 valence electrons. The van der Waals surface area contributed by atoms with Crippen LogP contribution in [0.4, 0.5) is 0 Å². The molecule has 32 heavy (non-hydrogen) atoms. The van der Waals surface area contributed by atoms with Crippen molar-refractivity contribution in [3.63, 3.8) is 0 Å². The van der Waals surface area contributed by atoms with Gasteiger partial charge < -0.3 is 4.48 Å². The van der Waals surface area contributed by atoms with E-state index >= 15 is 0 Å². The van der Waals surface area contributed by atoms with Crippen molar-refractivity contribution >= 4 is 0 Å². The van der Waals surface area contributed by atoms with Gasteiger partial charge in [-0.25, -0.2) is 0 Å². The van der Waals surface area contributed by atoms with Gasteiger partial charge in [-0.2, -0.15) is 0 Å². The zero-order chi connectivity index (χ0) is 26.1. The molecule has 0 aromatic rings. The Bertz CT molecular complexity index is 524. The number of likely N-dealkylation sites (N-methyl/N-ethyl adjacent to an activating group) is 1. The summed E-state index contributed by atoms with van der Waals surface area (Å²) in [6.45, 7) is 25.8. The van der Waals surface area contributed by atoms with E-state index in [2.05, 4.69) is 108 Å². The Kier molecular flexibility index (Phi) is 13.6. The average Bonchev–Trinajstić information content (AvgIpc) is 2.41. The molecule has 0 unspecified atom stereocenters. The number of hydrogen-bond donors (Lipinski definition) is 3.